The van der Waals surface area contributed by atoms with Crippen molar-refractivity contribution in [2.24, 2.45) is 5.73 Å². The van der Waals surface area contributed by atoms with Gasteiger partial charge in [0.05, 0.1) is 0 Å². The van der Waals surface area contributed by atoms with Crippen LogP contribution in [-0.4, -0.2) is 29.6 Å². The minimum absolute atomic E-state index is 0.165. The Labute approximate surface area is 93.5 Å². The van der Waals surface area contributed by atoms with Gasteiger partial charge in [-0.15, -0.1) is 6.58 Å². The van der Waals surface area contributed by atoms with Crippen molar-refractivity contribution in [3.05, 3.63) is 12.7 Å². The largest absolute Gasteiger partial charge is 0.323 e. The van der Waals surface area contributed by atoms with Crippen LogP contribution in [0.5, 0.6) is 0 Å². The fourth-order valence-corrected chi connectivity index (χ4v) is 3.41. The molecule has 2 nitrogen and oxygen atoms in total. The van der Waals surface area contributed by atoms with Crippen LogP contribution < -0.4 is 5.73 Å². The summed E-state index contributed by atoms with van der Waals surface area (Å²) in [4.78, 5) is 2.66. The van der Waals surface area contributed by atoms with E-state index in [2.05, 4.69) is 11.5 Å². The molecule has 1 aliphatic heterocycles. The summed E-state index contributed by atoms with van der Waals surface area (Å²) in [5.41, 5.74) is 6.55. The number of hydrogen-bond donors (Lipinski definition) is 1. The lowest BCUT2D eigenvalue weighted by Crippen LogP contribution is -2.59. The normalized spacial score (nSPS) is 28.9. The molecular weight excluding hydrogens is 184 g/mol. The Kier molecular flexibility index (Phi) is 3.47. The van der Waals surface area contributed by atoms with Crippen LogP contribution in [0.25, 0.3) is 0 Å². The number of nitrogens with zero attached hydrogens (tertiary/aromatic N) is 1. The fourth-order valence-electron chi connectivity index (χ4n) is 3.41. The third kappa shape index (κ3) is 1.98. The number of hydrogen-bond acceptors (Lipinski definition) is 2. The van der Waals surface area contributed by atoms with E-state index in [4.69, 9.17) is 5.73 Å². The summed E-state index contributed by atoms with van der Waals surface area (Å²) in [5.74, 6) is 0. The molecule has 0 aromatic carbocycles. The van der Waals surface area contributed by atoms with Gasteiger partial charge in [-0.05, 0) is 38.8 Å². The smallest absolute Gasteiger partial charge is 0.0409 e. The number of rotatable bonds is 3. The second-order valence-corrected chi connectivity index (χ2v) is 5.12. The first-order valence-electron chi connectivity index (χ1n) is 6.43. The average Bonchev–Trinajstić information content (AvgIpc) is 2.79. The molecule has 0 bridgehead atoms. The summed E-state index contributed by atoms with van der Waals surface area (Å²) >= 11 is 0. The van der Waals surface area contributed by atoms with Gasteiger partial charge >= 0.3 is 0 Å². The molecule has 1 atom stereocenters. The molecule has 2 fully saturated rings. The molecule has 2 aliphatic rings. The van der Waals surface area contributed by atoms with Gasteiger partial charge in [0.1, 0.15) is 0 Å². The van der Waals surface area contributed by atoms with Crippen LogP contribution in [0.2, 0.25) is 0 Å². The van der Waals surface area contributed by atoms with Crippen LogP contribution in [0.3, 0.4) is 0 Å². The monoisotopic (exact) mass is 208 g/mol. The Bertz CT molecular complexity index is 213. The lowest BCUT2D eigenvalue weighted by molar-refractivity contribution is 0.0601. The highest BCUT2D eigenvalue weighted by Crippen LogP contribution is 2.39. The molecule has 0 aromatic rings. The summed E-state index contributed by atoms with van der Waals surface area (Å²) < 4.78 is 0. The molecule has 2 heteroatoms. The van der Waals surface area contributed by atoms with E-state index in [0.29, 0.717) is 0 Å². The van der Waals surface area contributed by atoms with Gasteiger partial charge in [-0.2, -0.15) is 0 Å². The molecule has 2 rings (SSSR count). The van der Waals surface area contributed by atoms with Crippen LogP contribution in [0.1, 0.15) is 44.9 Å². The van der Waals surface area contributed by atoms with E-state index in [1.807, 2.05) is 6.08 Å². The maximum atomic E-state index is 6.28. The molecule has 0 amide bonds. The van der Waals surface area contributed by atoms with Crippen LogP contribution in [0.15, 0.2) is 12.7 Å². The third-order valence-electron chi connectivity index (χ3n) is 4.33. The van der Waals surface area contributed by atoms with E-state index in [-0.39, 0.29) is 11.6 Å². The van der Waals surface area contributed by atoms with Crippen molar-refractivity contribution in [1.29, 1.82) is 0 Å². The number of piperidine rings is 1. The molecule has 2 N–H and O–H groups in total. The minimum Gasteiger partial charge on any atom is -0.323 e. The molecule has 1 aliphatic carbocycles. The predicted molar refractivity (Wildman–Crippen MR) is 64.8 cm³/mol. The minimum atomic E-state index is 0.165. The van der Waals surface area contributed by atoms with Crippen LogP contribution >= 0.6 is 0 Å². The fraction of sp³-hybridized carbons (Fsp3) is 0.846. The topological polar surface area (TPSA) is 29.3 Å². The first kappa shape index (κ1) is 11.2. The van der Waals surface area contributed by atoms with E-state index >= 15 is 0 Å². The lowest BCUT2D eigenvalue weighted by Gasteiger charge is -2.46. The van der Waals surface area contributed by atoms with Gasteiger partial charge in [0.2, 0.25) is 0 Å². The maximum Gasteiger partial charge on any atom is 0.0409 e. The van der Waals surface area contributed by atoms with E-state index in [9.17, 15) is 0 Å². The highest BCUT2D eigenvalue weighted by molar-refractivity contribution is 5.09. The summed E-state index contributed by atoms with van der Waals surface area (Å²) in [6.45, 7) is 6.40. The van der Waals surface area contributed by atoms with Crippen molar-refractivity contribution in [1.82, 2.24) is 4.90 Å². The zero-order valence-electron chi connectivity index (χ0n) is 9.75. The second-order valence-electron chi connectivity index (χ2n) is 5.12. The third-order valence-corrected chi connectivity index (χ3v) is 4.33. The van der Waals surface area contributed by atoms with Crippen molar-refractivity contribution in [3.63, 3.8) is 0 Å². The average molecular weight is 208 g/mol. The van der Waals surface area contributed by atoms with Crippen molar-refractivity contribution in [2.75, 3.05) is 13.1 Å². The van der Waals surface area contributed by atoms with E-state index in [1.165, 1.54) is 58.0 Å². The van der Waals surface area contributed by atoms with Gasteiger partial charge in [-0.25, -0.2) is 0 Å². The molecule has 1 saturated heterocycles. The van der Waals surface area contributed by atoms with Gasteiger partial charge in [-0.3, -0.25) is 4.90 Å². The van der Waals surface area contributed by atoms with Gasteiger partial charge in [0.25, 0.3) is 0 Å². The molecule has 0 spiro atoms. The Morgan fingerprint density at radius 3 is 2.20 bits per heavy atom. The Morgan fingerprint density at radius 1 is 1.07 bits per heavy atom. The summed E-state index contributed by atoms with van der Waals surface area (Å²) in [7, 11) is 0. The lowest BCUT2D eigenvalue weighted by atomic mass is 9.85. The number of likely N-dealkylation sites (tertiary alicyclic amines) is 1. The molecule has 1 heterocycles. The van der Waals surface area contributed by atoms with Gasteiger partial charge in [-0.1, -0.05) is 25.3 Å². The highest BCUT2D eigenvalue weighted by Gasteiger charge is 2.43. The standard InChI is InChI=1S/C13H24N2/c1-2-12(14)13(8-4-5-9-13)15-10-6-3-7-11-15/h2,12H,1,3-11,14H2. The highest BCUT2D eigenvalue weighted by atomic mass is 15.2. The SMILES string of the molecule is C=CC(N)C1(N2CCCCC2)CCCC1. The zero-order valence-corrected chi connectivity index (χ0v) is 9.75. The van der Waals surface area contributed by atoms with Crippen LogP contribution in [0.4, 0.5) is 0 Å². The zero-order chi connectivity index (χ0) is 10.7. The molecule has 0 radical (unpaired) electrons. The Balaban J connectivity index is 2.13. The Hall–Kier alpha value is -0.340. The number of nitrogens with two attached hydrogens (primary N) is 1. The molecule has 0 aromatic heterocycles. The van der Waals surface area contributed by atoms with Crippen molar-refractivity contribution in [3.8, 4) is 0 Å². The first-order valence-corrected chi connectivity index (χ1v) is 6.43. The molecular formula is C13H24N2. The maximum absolute atomic E-state index is 6.28. The predicted octanol–water partition coefficient (Wildman–Crippen LogP) is 2.30. The molecule has 1 unspecified atom stereocenters. The van der Waals surface area contributed by atoms with Gasteiger partial charge < -0.3 is 5.73 Å². The van der Waals surface area contributed by atoms with Crippen LogP contribution in [0, 0.1) is 0 Å². The quantitative estimate of drug-likeness (QED) is 0.721. The summed E-state index contributed by atoms with van der Waals surface area (Å²) in [5, 5.41) is 0. The molecule has 1 saturated carbocycles. The second kappa shape index (κ2) is 4.67. The molecule has 15 heavy (non-hydrogen) atoms. The van der Waals surface area contributed by atoms with Crippen molar-refractivity contribution >= 4 is 0 Å². The van der Waals surface area contributed by atoms with E-state index < -0.39 is 0 Å². The van der Waals surface area contributed by atoms with Gasteiger partial charge in [0, 0.05) is 11.6 Å². The first-order chi connectivity index (χ1) is 7.29. The van der Waals surface area contributed by atoms with Crippen molar-refractivity contribution in [2.45, 2.75) is 56.5 Å². The Morgan fingerprint density at radius 2 is 1.67 bits per heavy atom. The van der Waals surface area contributed by atoms with Crippen LogP contribution in [-0.2, 0) is 0 Å². The van der Waals surface area contributed by atoms with Crippen molar-refractivity contribution < 1.29 is 0 Å². The van der Waals surface area contributed by atoms with Gasteiger partial charge in [0.15, 0.2) is 0 Å². The summed E-state index contributed by atoms with van der Waals surface area (Å²) in [6, 6.07) is 0.165. The summed E-state index contributed by atoms with van der Waals surface area (Å²) in [6.07, 6.45) is 11.3. The van der Waals surface area contributed by atoms with E-state index in [1.54, 1.807) is 0 Å². The molecule has 86 valence electrons. The van der Waals surface area contributed by atoms with E-state index in [0.717, 1.165) is 0 Å².